The standard InChI is InChI=1S/C15H18FN/c1-3-5-8-12-11-9-6-7-10-14(11)17-13(4-2)15(12)16/h6-7,9-10H,3-5,8H2,1-2H3. The van der Waals surface area contributed by atoms with Gasteiger partial charge in [-0.3, -0.25) is 0 Å². The first-order valence-corrected chi connectivity index (χ1v) is 6.33. The summed E-state index contributed by atoms with van der Waals surface area (Å²) in [5.74, 6) is -0.0975. The van der Waals surface area contributed by atoms with Crippen molar-refractivity contribution >= 4 is 10.9 Å². The van der Waals surface area contributed by atoms with Gasteiger partial charge in [-0.15, -0.1) is 0 Å². The quantitative estimate of drug-likeness (QED) is 0.765. The molecule has 0 unspecified atom stereocenters. The normalized spacial score (nSPS) is 11.0. The molecular formula is C15H18FN. The number of nitrogens with zero attached hydrogens (tertiary/aromatic N) is 1. The van der Waals surface area contributed by atoms with Gasteiger partial charge in [-0.1, -0.05) is 38.5 Å². The average Bonchev–Trinajstić information content (AvgIpc) is 2.37. The summed E-state index contributed by atoms with van der Waals surface area (Å²) in [7, 11) is 0. The van der Waals surface area contributed by atoms with Crippen LogP contribution in [0.15, 0.2) is 24.3 Å². The Morgan fingerprint density at radius 3 is 2.65 bits per heavy atom. The summed E-state index contributed by atoms with van der Waals surface area (Å²) in [4.78, 5) is 4.39. The van der Waals surface area contributed by atoms with E-state index in [0.29, 0.717) is 12.1 Å². The number of para-hydroxylation sites is 1. The molecule has 0 bridgehead atoms. The molecule has 2 rings (SSSR count). The third-order valence-corrected chi connectivity index (χ3v) is 3.12. The van der Waals surface area contributed by atoms with Gasteiger partial charge in [0, 0.05) is 5.39 Å². The lowest BCUT2D eigenvalue weighted by Crippen LogP contribution is -2.01. The Bertz CT molecular complexity index is 520. The van der Waals surface area contributed by atoms with Crippen molar-refractivity contribution in [2.75, 3.05) is 0 Å². The fourth-order valence-corrected chi connectivity index (χ4v) is 2.15. The number of hydrogen-bond acceptors (Lipinski definition) is 1. The van der Waals surface area contributed by atoms with Crippen LogP contribution in [0.4, 0.5) is 4.39 Å². The van der Waals surface area contributed by atoms with Crippen molar-refractivity contribution in [2.45, 2.75) is 39.5 Å². The summed E-state index contributed by atoms with van der Waals surface area (Å²) < 4.78 is 14.3. The Balaban J connectivity index is 2.62. The van der Waals surface area contributed by atoms with Crippen molar-refractivity contribution in [1.82, 2.24) is 4.98 Å². The number of halogens is 1. The van der Waals surface area contributed by atoms with E-state index in [1.165, 1.54) is 0 Å². The first-order valence-electron chi connectivity index (χ1n) is 6.33. The lowest BCUT2D eigenvalue weighted by atomic mass is 10.0. The van der Waals surface area contributed by atoms with Gasteiger partial charge < -0.3 is 0 Å². The van der Waals surface area contributed by atoms with Crippen molar-refractivity contribution in [3.05, 3.63) is 41.3 Å². The largest absolute Gasteiger partial charge is 0.250 e. The molecule has 0 saturated heterocycles. The van der Waals surface area contributed by atoms with Crippen LogP contribution in [0.3, 0.4) is 0 Å². The summed E-state index contributed by atoms with van der Waals surface area (Å²) >= 11 is 0. The molecule has 0 saturated carbocycles. The van der Waals surface area contributed by atoms with Gasteiger partial charge in [-0.2, -0.15) is 0 Å². The van der Waals surface area contributed by atoms with Crippen LogP contribution < -0.4 is 0 Å². The van der Waals surface area contributed by atoms with Gasteiger partial charge in [0.2, 0.25) is 0 Å². The molecular weight excluding hydrogens is 213 g/mol. The zero-order valence-corrected chi connectivity index (χ0v) is 10.5. The van der Waals surface area contributed by atoms with Gasteiger partial charge in [0.15, 0.2) is 0 Å². The van der Waals surface area contributed by atoms with Crippen LogP contribution in [0.1, 0.15) is 37.9 Å². The predicted octanol–water partition coefficient (Wildman–Crippen LogP) is 4.28. The molecule has 0 radical (unpaired) electrons. The number of rotatable bonds is 4. The maximum absolute atomic E-state index is 14.3. The molecule has 0 aliphatic carbocycles. The molecule has 0 aliphatic rings. The van der Waals surface area contributed by atoms with Crippen LogP contribution in [0.2, 0.25) is 0 Å². The van der Waals surface area contributed by atoms with Gasteiger partial charge in [0.05, 0.1) is 11.2 Å². The molecule has 0 N–H and O–H groups in total. The zero-order chi connectivity index (χ0) is 12.3. The van der Waals surface area contributed by atoms with E-state index in [9.17, 15) is 4.39 Å². The Kier molecular flexibility index (Phi) is 3.72. The summed E-state index contributed by atoms with van der Waals surface area (Å²) in [5.41, 5.74) is 2.35. The topological polar surface area (TPSA) is 12.9 Å². The minimum absolute atomic E-state index is 0.0975. The number of fused-ring (bicyclic) bond motifs is 1. The average molecular weight is 231 g/mol. The van der Waals surface area contributed by atoms with Gasteiger partial charge in [0.25, 0.3) is 0 Å². The molecule has 0 spiro atoms. The molecule has 17 heavy (non-hydrogen) atoms. The molecule has 0 atom stereocenters. The van der Waals surface area contributed by atoms with Crippen LogP contribution in [-0.4, -0.2) is 4.98 Å². The van der Waals surface area contributed by atoms with E-state index < -0.39 is 0 Å². The Morgan fingerprint density at radius 2 is 1.94 bits per heavy atom. The predicted molar refractivity (Wildman–Crippen MR) is 69.7 cm³/mol. The van der Waals surface area contributed by atoms with Crippen molar-refractivity contribution in [1.29, 1.82) is 0 Å². The summed E-state index contributed by atoms with van der Waals surface area (Å²) in [5, 5.41) is 0.968. The number of hydrogen-bond donors (Lipinski definition) is 0. The number of unbranched alkanes of at least 4 members (excludes halogenated alkanes) is 1. The number of aromatic nitrogens is 1. The maximum Gasteiger partial charge on any atom is 0.148 e. The monoisotopic (exact) mass is 231 g/mol. The van der Waals surface area contributed by atoms with Gasteiger partial charge in [-0.05, 0) is 30.9 Å². The highest BCUT2D eigenvalue weighted by atomic mass is 19.1. The van der Waals surface area contributed by atoms with E-state index in [2.05, 4.69) is 11.9 Å². The Morgan fingerprint density at radius 1 is 1.18 bits per heavy atom. The van der Waals surface area contributed by atoms with E-state index >= 15 is 0 Å². The molecule has 0 aliphatic heterocycles. The van der Waals surface area contributed by atoms with Crippen LogP contribution in [0.25, 0.3) is 10.9 Å². The van der Waals surface area contributed by atoms with Crippen molar-refractivity contribution in [3.8, 4) is 0 Å². The maximum atomic E-state index is 14.3. The number of aryl methyl sites for hydroxylation is 2. The second-order valence-corrected chi connectivity index (χ2v) is 4.33. The SMILES string of the molecule is CCCCc1c(F)c(CC)nc2ccccc12. The summed E-state index contributed by atoms with van der Waals surface area (Å²) in [6, 6.07) is 7.83. The van der Waals surface area contributed by atoms with E-state index in [1.54, 1.807) is 0 Å². The molecule has 2 aromatic rings. The highest BCUT2D eigenvalue weighted by molar-refractivity contribution is 5.82. The van der Waals surface area contributed by atoms with Crippen molar-refractivity contribution in [2.24, 2.45) is 0 Å². The van der Waals surface area contributed by atoms with Crippen molar-refractivity contribution in [3.63, 3.8) is 0 Å². The molecule has 2 heteroatoms. The van der Waals surface area contributed by atoms with Crippen LogP contribution >= 0.6 is 0 Å². The van der Waals surface area contributed by atoms with Crippen molar-refractivity contribution < 1.29 is 4.39 Å². The highest BCUT2D eigenvalue weighted by Crippen LogP contribution is 2.24. The Labute approximate surface area is 102 Å². The lowest BCUT2D eigenvalue weighted by Gasteiger charge is -2.10. The minimum Gasteiger partial charge on any atom is -0.250 e. The van der Waals surface area contributed by atoms with Gasteiger partial charge >= 0.3 is 0 Å². The molecule has 1 aromatic carbocycles. The molecule has 1 aromatic heterocycles. The van der Waals surface area contributed by atoms with Crippen LogP contribution in [0.5, 0.6) is 0 Å². The highest BCUT2D eigenvalue weighted by Gasteiger charge is 2.12. The fraction of sp³-hybridized carbons (Fsp3) is 0.400. The molecule has 0 fully saturated rings. The third-order valence-electron chi connectivity index (χ3n) is 3.12. The first kappa shape index (κ1) is 12.0. The van der Waals surface area contributed by atoms with E-state index in [0.717, 1.165) is 35.7 Å². The molecule has 1 heterocycles. The second-order valence-electron chi connectivity index (χ2n) is 4.33. The van der Waals surface area contributed by atoms with Gasteiger partial charge in [0.1, 0.15) is 5.82 Å². The smallest absolute Gasteiger partial charge is 0.148 e. The van der Waals surface area contributed by atoms with E-state index in [-0.39, 0.29) is 5.82 Å². The third kappa shape index (κ3) is 2.31. The summed E-state index contributed by atoms with van der Waals surface area (Å²) in [6.07, 6.45) is 3.56. The van der Waals surface area contributed by atoms with E-state index in [1.807, 2.05) is 31.2 Å². The van der Waals surface area contributed by atoms with E-state index in [4.69, 9.17) is 0 Å². The Hall–Kier alpha value is -1.44. The first-order chi connectivity index (χ1) is 8.27. The van der Waals surface area contributed by atoms with Crippen LogP contribution in [0, 0.1) is 5.82 Å². The number of pyridine rings is 1. The minimum atomic E-state index is -0.0975. The second kappa shape index (κ2) is 5.26. The van der Waals surface area contributed by atoms with Gasteiger partial charge in [-0.25, -0.2) is 9.37 Å². The molecule has 0 amide bonds. The molecule has 90 valence electrons. The van der Waals surface area contributed by atoms with Crippen LogP contribution in [-0.2, 0) is 12.8 Å². The fourth-order valence-electron chi connectivity index (χ4n) is 2.15. The molecule has 1 nitrogen and oxygen atoms in total. The zero-order valence-electron chi connectivity index (χ0n) is 10.5. The summed E-state index contributed by atoms with van der Waals surface area (Å²) in [6.45, 7) is 4.08. The number of benzene rings is 1. The lowest BCUT2D eigenvalue weighted by molar-refractivity contribution is 0.584.